The first-order chi connectivity index (χ1) is 8.72. The van der Waals surface area contributed by atoms with Crippen molar-refractivity contribution in [3.05, 3.63) is 35.4 Å². The molecule has 1 heterocycles. The Labute approximate surface area is 110 Å². The molecule has 1 fully saturated rings. The van der Waals surface area contributed by atoms with E-state index in [0.717, 1.165) is 6.54 Å². The molecule has 2 heteroatoms. The molecule has 0 saturated carbocycles. The Hall–Kier alpha value is -0.860. The van der Waals surface area contributed by atoms with Crippen molar-refractivity contribution >= 4 is 0 Å². The highest BCUT2D eigenvalue weighted by atomic mass is 15.2. The van der Waals surface area contributed by atoms with E-state index < -0.39 is 0 Å². The van der Waals surface area contributed by atoms with Gasteiger partial charge in [-0.3, -0.25) is 4.90 Å². The van der Waals surface area contributed by atoms with E-state index in [0.29, 0.717) is 11.5 Å². The minimum atomic E-state index is 0.340. The van der Waals surface area contributed by atoms with Crippen LogP contribution in [0.1, 0.15) is 43.4 Å². The lowest BCUT2D eigenvalue weighted by Crippen LogP contribution is -2.34. The van der Waals surface area contributed by atoms with Crippen molar-refractivity contribution in [2.24, 2.45) is 11.1 Å². The van der Waals surface area contributed by atoms with Gasteiger partial charge in [0.25, 0.3) is 0 Å². The summed E-state index contributed by atoms with van der Waals surface area (Å²) in [5.74, 6) is 0. The zero-order valence-electron chi connectivity index (χ0n) is 11.4. The highest BCUT2D eigenvalue weighted by molar-refractivity contribution is 5.32. The average molecular weight is 244 g/mol. The molecule has 98 valence electrons. The third kappa shape index (κ3) is 2.08. The van der Waals surface area contributed by atoms with Gasteiger partial charge in [0.2, 0.25) is 0 Å². The lowest BCUT2D eigenvalue weighted by Gasteiger charge is -2.34. The lowest BCUT2D eigenvalue weighted by atomic mass is 9.86. The van der Waals surface area contributed by atoms with Crippen LogP contribution in [0.3, 0.4) is 0 Å². The molecule has 0 bridgehead atoms. The van der Waals surface area contributed by atoms with Gasteiger partial charge in [-0.25, -0.2) is 0 Å². The van der Waals surface area contributed by atoms with Crippen LogP contribution in [-0.2, 0) is 6.42 Å². The van der Waals surface area contributed by atoms with Gasteiger partial charge in [0.1, 0.15) is 0 Å². The molecule has 18 heavy (non-hydrogen) atoms. The molecule has 0 spiro atoms. The minimum absolute atomic E-state index is 0.340. The second kappa shape index (κ2) is 4.67. The van der Waals surface area contributed by atoms with Crippen LogP contribution < -0.4 is 5.73 Å². The monoisotopic (exact) mass is 244 g/mol. The molecular formula is C16H24N2. The second-order valence-electron chi connectivity index (χ2n) is 6.34. The van der Waals surface area contributed by atoms with Crippen molar-refractivity contribution in [1.29, 1.82) is 0 Å². The van der Waals surface area contributed by atoms with E-state index in [9.17, 15) is 0 Å². The van der Waals surface area contributed by atoms with Crippen molar-refractivity contribution in [2.75, 3.05) is 19.6 Å². The fourth-order valence-electron chi connectivity index (χ4n) is 3.60. The third-order valence-electron chi connectivity index (χ3n) is 4.86. The van der Waals surface area contributed by atoms with Gasteiger partial charge in [0.05, 0.1) is 0 Å². The van der Waals surface area contributed by atoms with Crippen LogP contribution in [0.15, 0.2) is 24.3 Å². The number of rotatable bonds is 2. The van der Waals surface area contributed by atoms with Crippen molar-refractivity contribution in [3.8, 4) is 0 Å². The summed E-state index contributed by atoms with van der Waals surface area (Å²) in [6.07, 6.45) is 5.16. The quantitative estimate of drug-likeness (QED) is 0.866. The Morgan fingerprint density at radius 1 is 1.39 bits per heavy atom. The molecule has 0 aromatic heterocycles. The molecule has 2 unspecified atom stereocenters. The summed E-state index contributed by atoms with van der Waals surface area (Å²) >= 11 is 0. The summed E-state index contributed by atoms with van der Waals surface area (Å²) in [5, 5.41) is 0. The average Bonchev–Trinajstić information content (AvgIpc) is 2.81. The second-order valence-corrected chi connectivity index (χ2v) is 6.34. The van der Waals surface area contributed by atoms with E-state index >= 15 is 0 Å². The topological polar surface area (TPSA) is 29.3 Å². The van der Waals surface area contributed by atoms with Gasteiger partial charge in [-0.1, -0.05) is 31.2 Å². The first-order valence-corrected chi connectivity index (χ1v) is 7.24. The van der Waals surface area contributed by atoms with E-state index in [4.69, 9.17) is 5.73 Å². The van der Waals surface area contributed by atoms with Crippen molar-refractivity contribution in [2.45, 2.75) is 38.6 Å². The maximum atomic E-state index is 5.93. The van der Waals surface area contributed by atoms with Crippen LogP contribution in [0.5, 0.6) is 0 Å². The number of fused-ring (bicyclic) bond motifs is 1. The maximum Gasteiger partial charge on any atom is 0.0351 e. The Balaban J connectivity index is 1.83. The largest absolute Gasteiger partial charge is 0.330 e. The summed E-state index contributed by atoms with van der Waals surface area (Å²) in [6, 6.07) is 9.64. The first-order valence-electron chi connectivity index (χ1n) is 7.24. The molecule has 1 aromatic carbocycles. The lowest BCUT2D eigenvalue weighted by molar-refractivity contribution is 0.195. The van der Waals surface area contributed by atoms with Gasteiger partial charge in [0.15, 0.2) is 0 Å². The number of nitrogens with two attached hydrogens (primary N) is 1. The Morgan fingerprint density at radius 3 is 3.00 bits per heavy atom. The number of aryl methyl sites for hydroxylation is 1. The van der Waals surface area contributed by atoms with Gasteiger partial charge in [-0.15, -0.1) is 0 Å². The van der Waals surface area contributed by atoms with E-state index in [1.54, 1.807) is 11.1 Å². The van der Waals surface area contributed by atoms with Gasteiger partial charge < -0.3 is 5.73 Å². The van der Waals surface area contributed by atoms with E-state index in [1.807, 2.05) is 0 Å². The number of nitrogens with zero attached hydrogens (tertiary/aromatic N) is 1. The normalized spacial score (nSPS) is 32.4. The summed E-state index contributed by atoms with van der Waals surface area (Å²) < 4.78 is 0. The fraction of sp³-hybridized carbons (Fsp3) is 0.625. The number of likely N-dealkylation sites (tertiary alicyclic amines) is 1. The molecule has 0 amide bonds. The number of hydrogen-bond donors (Lipinski definition) is 1. The number of hydrogen-bond acceptors (Lipinski definition) is 2. The van der Waals surface area contributed by atoms with Crippen LogP contribution in [-0.4, -0.2) is 24.5 Å². The molecule has 1 saturated heterocycles. The van der Waals surface area contributed by atoms with Crippen LogP contribution in [0.4, 0.5) is 0 Å². The van der Waals surface area contributed by atoms with Crippen molar-refractivity contribution in [1.82, 2.24) is 4.90 Å². The highest BCUT2D eigenvalue weighted by Gasteiger charge is 2.37. The molecule has 1 aliphatic heterocycles. The Bertz CT molecular complexity index is 429. The SMILES string of the molecule is CC1(CN)CCN(C2CCCc3ccccc32)C1. The van der Waals surface area contributed by atoms with Gasteiger partial charge in [-0.05, 0) is 55.3 Å². The summed E-state index contributed by atoms with van der Waals surface area (Å²) in [5.41, 5.74) is 9.41. The Morgan fingerprint density at radius 2 is 2.22 bits per heavy atom. The van der Waals surface area contributed by atoms with Crippen LogP contribution in [0, 0.1) is 5.41 Å². The van der Waals surface area contributed by atoms with Crippen LogP contribution in [0.2, 0.25) is 0 Å². The van der Waals surface area contributed by atoms with E-state index in [1.165, 1.54) is 38.8 Å². The molecule has 2 N–H and O–H groups in total. The molecule has 2 atom stereocenters. The standard InChI is InChI=1S/C16H24N2/c1-16(11-17)9-10-18(12-16)15-8-4-6-13-5-2-3-7-14(13)15/h2-3,5,7,15H,4,6,8-12,17H2,1H3. The van der Waals surface area contributed by atoms with Crippen molar-refractivity contribution < 1.29 is 0 Å². The molecule has 0 radical (unpaired) electrons. The molecule has 3 rings (SSSR count). The number of benzene rings is 1. The minimum Gasteiger partial charge on any atom is -0.330 e. The van der Waals surface area contributed by atoms with E-state index in [-0.39, 0.29) is 0 Å². The summed E-state index contributed by atoms with van der Waals surface area (Å²) in [7, 11) is 0. The van der Waals surface area contributed by atoms with Gasteiger partial charge in [-0.2, -0.15) is 0 Å². The molecule has 1 aliphatic carbocycles. The highest BCUT2D eigenvalue weighted by Crippen LogP contribution is 2.40. The molecule has 2 nitrogen and oxygen atoms in total. The summed E-state index contributed by atoms with van der Waals surface area (Å²) in [4.78, 5) is 2.67. The maximum absolute atomic E-state index is 5.93. The third-order valence-corrected chi connectivity index (χ3v) is 4.86. The smallest absolute Gasteiger partial charge is 0.0351 e. The zero-order valence-corrected chi connectivity index (χ0v) is 11.4. The van der Waals surface area contributed by atoms with Crippen LogP contribution in [0.25, 0.3) is 0 Å². The van der Waals surface area contributed by atoms with E-state index in [2.05, 4.69) is 36.1 Å². The van der Waals surface area contributed by atoms with Crippen molar-refractivity contribution in [3.63, 3.8) is 0 Å². The van der Waals surface area contributed by atoms with Crippen LogP contribution >= 0.6 is 0 Å². The molecular weight excluding hydrogens is 220 g/mol. The van der Waals surface area contributed by atoms with Gasteiger partial charge >= 0.3 is 0 Å². The predicted molar refractivity (Wildman–Crippen MR) is 75.5 cm³/mol. The summed E-state index contributed by atoms with van der Waals surface area (Å²) in [6.45, 7) is 5.54. The zero-order chi connectivity index (χ0) is 12.6. The Kier molecular flexibility index (Phi) is 3.16. The first kappa shape index (κ1) is 12.2. The molecule has 1 aromatic rings. The fourth-order valence-corrected chi connectivity index (χ4v) is 3.60. The molecule has 2 aliphatic rings. The van der Waals surface area contributed by atoms with Gasteiger partial charge in [0, 0.05) is 12.6 Å². The predicted octanol–water partition coefficient (Wildman–Crippen LogP) is 2.73.